The Balaban J connectivity index is 2.02. The lowest BCUT2D eigenvalue weighted by Gasteiger charge is -2.23. The molecule has 3 rings (SSSR count). The second-order valence-electron chi connectivity index (χ2n) is 7.59. The summed E-state index contributed by atoms with van der Waals surface area (Å²) >= 11 is 0. The molecule has 0 unspecified atom stereocenters. The standard InChI is InChI=1S/C18H23N7O2S/c1-18(2,3)24-17-14(16(20)21-9-22-17)15(19)13-7-10-5-6-11(8-12(10)23-13)25-28(4,26)27/h5-9,19,23,25H,1-4H3,(H3,20,21,22,24). The highest BCUT2D eigenvalue weighted by Crippen LogP contribution is 2.26. The quantitative estimate of drug-likeness (QED) is 0.415. The summed E-state index contributed by atoms with van der Waals surface area (Å²) in [6, 6.07) is 6.91. The van der Waals surface area contributed by atoms with Gasteiger partial charge in [-0.25, -0.2) is 18.4 Å². The van der Waals surface area contributed by atoms with Gasteiger partial charge in [-0.2, -0.15) is 0 Å². The normalized spacial score (nSPS) is 12.1. The van der Waals surface area contributed by atoms with Gasteiger partial charge in [-0.05, 0) is 39.0 Å². The van der Waals surface area contributed by atoms with Gasteiger partial charge >= 0.3 is 0 Å². The van der Waals surface area contributed by atoms with Crippen molar-refractivity contribution in [2.24, 2.45) is 0 Å². The molecule has 1 aromatic carbocycles. The molecule has 28 heavy (non-hydrogen) atoms. The highest BCUT2D eigenvalue weighted by molar-refractivity contribution is 7.92. The van der Waals surface area contributed by atoms with Crippen LogP contribution in [0, 0.1) is 5.41 Å². The molecule has 2 heterocycles. The van der Waals surface area contributed by atoms with Gasteiger partial charge < -0.3 is 16.0 Å². The molecular formula is C18H23N7O2S. The van der Waals surface area contributed by atoms with Gasteiger partial charge in [0.1, 0.15) is 18.0 Å². The molecule has 0 aliphatic carbocycles. The number of sulfonamides is 1. The zero-order valence-corrected chi connectivity index (χ0v) is 16.9. The predicted molar refractivity (Wildman–Crippen MR) is 113 cm³/mol. The van der Waals surface area contributed by atoms with Crippen LogP contribution in [0.3, 0.4) is 0 Å². The summed E-state index contributed by atoms with van der Waals surface area (Å²) in [5.41, 5.74) is 7.95. The molecule has 0 amide bonds. The number of hydrogen-bond donors (Lipinski definition) is 5. The van der Waals surface area contributed by atoms with Crippen molar-refractivity contribution < 1.29 is 8.42 Å². The van der Waals surface area contributed by atoms with Crippen LogP contribution in [0.4, 0.5) is 17.3 Å². The summed E-state index contributed by atoms with van der Waals surface area (Å²) in [6.45, 7) is 5.95. The molecule has 0 atom stereocenters. The van der Waals surface area contributed by atoms with E-state index < -0.39 is 10.0 Å². The Bertz CT molecular complexity index is 1160. The maximum Gasteiger partial charge on any atom is 0.229 e. The fourth-order valence-electron chi connectivity index (χ4n) is 2.77. The van der Waals surface area contributed by atoms with Gasteiger partial charge in [0.05, 0.1) is 28.9 Å². The molecule has 6 N–H and O–H groups in total. The number of rotatable bonds is 5. The lowest BCUT2D eigenvalue weighted by molar-refractivity contribution is 0.607. The highest BCUT2D eigenvalue weighted by Gasteiger charge is 2.21. The van der Waals surface area contributed by atoms with Crippen molar-refractivity contribution in [3.8, 4) is 0 Å². The van der Waals surface area contributed by atoms with Gasteiger partial charge in [-0.15, -0.1) is 0 Å². The second kappa shape index (κ2) is 6.79. The Morgan fingerprint density at radius 1 is 1.21 bits per heavy atom. The van der Waals surface area contributed by atoms with E-state index in [1.54, 1.807) is 24.3 Å². The van der Waals surface area contributed by atoms with Gasteiger partial charge in [-0.3, -0.25) is 10.1 Å². The fourth-order valence-corrected chi connectivity index (χ4v) is 3.32. The van der Waals surface area contributed by atoms with Crippen LogP contribution in [0.5, 0.6) is 0 Å². The SMILES string of the molecule is CC(C)(C)Nc1ncnc(N)c1C(=N)c1cc2ccc(NS(C)(=O)=O)cc2[nH]1. The lowest BCUT2D eigenvalue weighted by Crippen LogP contribution is -2.28. The van der Waals surface area contributed by atoms with E-state index in [-0.39, 0.29) is 17.1 Å². The summed E-state index contributed by atoms with van der Waals surface area (Å²) in [4.78, 5) is 11.4. The van der Waals surface area contributed by atoms with E-state index in [4.69, 9.17) is 11.1 Å². The van der Waals surface area contributed by atoms with Gasteiger partial charge in [0.2, 0.25) is 10.0 Å². The van der Waals surface area contributed by atoms with E-state index in [1.165, 1.54) is 6.33 Å². The first-order valence-corrected chi connectivity index (χ1v) is 10.4. The molecular weight excluding hydrogens is 378 g/mol. The Morgan fingerprint density at radius 2 is 1.93 bits per heavy atom. The predicted octanol–water partition coefficient (Wildman–Crippen LogP) is 2.54. The van der Waals surface area contributed by atoms with Crippen molar-refractivity contribution in [2.75, 3.05) is 22.0 Å². The molecule has 0 radical (unpaired) electrons. The third kappa shape index (κ3) is 4.39. The number of hydrogen-bond acceptors (Lipinski definition) is 7. The third-order valence-corrected chi connectivity index (χ3v) is 4.42. The second-order valence-corrected chi connectivity index (χ2v) is 9.34. The van der Waals surface area contributed by atoms with Crippen LogP contribution in [0.25, 0.3) is 10.9 Å². The number of anilines is 3. The van der Waals surface area contributed by atoms with Gasteiger partial charge in [0, 0.05) is 16.4 Å². The van der Waals surface area contributed by atoms with Crippen LogP contribution in [0.2, 0.25) is 0 Å². The first-order chi connectivity index (χ1) is 12.9. The molecule has 0 saturated carbocycles. The number of H-pyrrole nitrogens is 1. The molecule has 10 heteroatoms. The maximum absolute atomic E-state index is 11.4. The average molecular weight is 401 g/mol. The Labute approximate surface area is 163 Å². The van der Waals surface area contributed by atoms with E-state index in [1.807, 2.05) is 20.8 Å². The van der Waals surface area contributed by atoms with Crippen LogP contribution in [-0.2, 0) is 10.0 Å². The molecule has 0 aliphatic rings. The van der Waals surface area contributed by atoms with Crippen molar-refractivity contribution >= 4 is 44.0 Å². The van der Waals surface area contributed by atoms with Crippen LogP contribution in [0.1, 0.15) is 32.0 Å². The van der Waals surface area contributed by atoms with Gasteiger partial charge in [0.25, 0.3) is 0 Å². The topological polar surface area (TPSA) is 150 Å². The zero-order valence-electron chi connectivity index (χ0n) is 16.1. The molecule has 3 aromatic rings. The Kier molecular flexibility index (Phi) is 4.76. The summed E-state index contributed by atoms with van der Waals surface area (Å²) in [5.74, 6) is 0.674. The lowest BCUT2D eigenvalue weighted by atomic mass is 10.1. The Hall–Kier alpha value is -3.14. The number of aromatic nitrogens is 3. The number of nitrogen functional groups attached to an aromatic ring is 1. The molecule has 0 spiro atoms. The fraction of sp³-hybridized carbons (Fsp3) is 0.278. The van der Waals surface area contributed by atoms with Crippen LogP contribution < -0.4 is 15.8 Å². The molecule has 0 bridgehead atoms. The molecule has 0 saturated heterocycles. The smallest absolute Gasteiger partial charge is 0.229 e. The van der Waals surface area contributed by atoms with Gasteiger partial charge in [0.15, 0.2) is 0 Å². The minimum atomic E-state index is -3.37. The first kappa shape index (κ1) is 19.6. The van der Waals surface area contributed by atoms with Crippen molar-refractivity contribution in [1.29, 1.82) is 5.41 Å². The summed E-state index contributed by atoms with van der Waals surface area (Å²) in [6.07, 6.45) is 2.45. The molecule has 0 aliphatic heterocycles. The summed E-state index contributed by atoms with van der Waals surface area (Å²) < 4.78 is 25.3. The van der Waals surface area contributed by atoms with Crippen molar-refractivity contribution in [3.63, 3.8) is 0 Å². The summed E-state index contributed by atoms with van der Waals surface area (Å²) in [5, 5.41) is 12.7. The minimum absolute atomic E-state index is 0.138. The minimum Gasteiger partial charge on any atom is -0.383 e. The number of nitrogens with one attached hydrogen (secondary N) is 4. The van der Waals surface area contributed by atoms with Crippen LogP contribution >= 0.6 is 0 Å². The molecule has 0 fully saturated rings. The van der Waals surface area contributed by atoms with E-state index in [0.29, 0.717) is 28.3 Å². The number of benzene rings is 1. The molecule has 2 aromatic heterocycles. The van der Waals surface area contributed by atoms with Crippen molar-refractivity contribution in [3.05, 3.63) is 41.9 Å². The number of aromatic amines is 1. The largest absolute Gasteiger partial charge is 0.383 e. The number of nitrogens with two attached hydrogens (primary N) is 1. The molecule has 148 valence electrons. The zero-order chi connectivity index (χ0) is 20.7. The molecule has 9 nitrogen and oxygen atoms in total. The monoisotopic (exact) mass is 401 g/mol. The summed E-state index contributed by atoms with van der Waals surface area (Å²) in [7, 11) is -3.37. The average Bonchev–Trinajstić information content (AvgIpc) is 2.94. The van der Waals surface area contributed by atoms with Crippen LogP contribution in [0.15, 0.2) is 30.6 Å². The maximum atomic E-state index is 11.4. The van der Waals surface area contributed by atoms with Gasteiger partial charge in [-0.1, -0.05) is 6.07 Å². The van der Waals surface area contributed by atoms with E-state index in [0.717, 1.165) is 11.6 Å². The van der Waals surface area contributed by atoms with Crippen LogP contribution in [-0.4, -0.2) is 40.9 Å². The number of nitrogens with zero attached hydrogens (tertiary/aromatic N) is 2. The van der Waals surface area contributed by atoms with Crippen molar-refractivity contribution in [2.45, 2.75) is 26.3 Å². The third-order valence-electron chi connectivity index (χ3n) is 3.82. The van der Waals surface area contributed by atoms with E-state index in [2.05, 4.69) is 25.0 Å². The first-order valence-electron chi connectivity index (χ1n) is 8.51. The highest BCUT2D eigenvalue weighted by atomic mass is 32.2. The Morgan fingerprint density at radius 3 is 2.57 bits per heavy atom. The van der Waals surface area contributed by atoms with E-state index in [9.17, 15) is 8.42 Å². The van der Waals surface area contributed by atoms with Crippen molar-refractivity contribution in [1.82, 2.24) is 15.0 Å². The number of fused-ring (bicyclic) bond motifs is 1. The van der Waals surface area contributed by atoms with E-state index >= 15 is 0 Å².